The molecule has 0 aliphatic rings. The fourth-order valence-electron chi connectivity index (χ4n) is 1.52. The Kier molecular flexibility index (Phi) is 3.75. The van der Waals surface area contributed by atoms with Gasteiger partial charge in [0.05, 0.1) is 10.0 Å². The molecule has 0 aliphatic heterocycles. The van der Waals surface area contributed by atoms with Crippen LogP contribution in [0.25, 0.3) is 0 Å². The SMILES string of the molecule is CN(c1ccn(C)n1)S(=O)(=O)c1cccc(Cl)c1Cl. The fourth-order valence-corrected chi connectivity index (χ4v) is 3.40. The molecule has 0 saturated carbocycles. The minimum Gasteiger partial charge on any atom is -0.274 e. The summed E-state index contributed by atoms with van der Waals surface area (Å²) in [5, 5.41) is 4.24. The van der Waals surface area contributed by atoms with E-state index < -0.39 is 10.0 Å². The number of aryl methyl sites for hydroxylation is 1. The van der Waals surface area contributed by atoms with Gasteiger partial charge in [0.15, 0.2) is 5.82 Å². The van der Waals surface area contributed by atoms with Crippen molar-refractivity contribution in [2.24, 2.45) is 7.05 Å². The summed E-state index contributed by atoms with van der Waals surface area (Å²) in [6.07, 6.45) is 1.65. The molecule has 0 aliphatic carbocycles. The first-order valence-electron chi connectivity index (χ1n) is 5.26. The summed E-state index contributed by atoms with van der Waals surface area (Å²) in [6, 6.07) is 6.07. The lowest BCUT2D eigenvalue weighted by molar-refractivity contribution is 0.593. The largest absolute Gasteiger partial charge is 0.274 e. The number of halogens is 2. The first-order chi connectivity index (χ1) is 8.84. The van der Waals surface area contributed by atoms with Gasteiger partial charge in [-0.05, 0) is 12.1 Å². The molecular weight excluding hydrogens is 309 g/mol. The van der Waals surface area contributed by atoms with Gasteiger partial charge in [-0.2, -0.15) is 5.10 Å². The van der Waals surface area contributed by atoms with Crippen LogP contribution in [0.1, 0.15) is 0 Å². The van der Waals surface area contributed by atoms with Crippen molar-refractivity contribution in [2.45, 2.75) is 4.90 Å². The minimum absolute atomic E-state index is 0.00643. The molecule has 1 aromatic heterocycles. The second kappa shape index (κ2) is 5.03. The monoisotopic (exact) mass is 319 g/mol. The van der Waals surface area contributed by atoms with Crippen molar-refractivity contribution in [2.75, 3.05) is 11.4 Å². The molecule has 0 spiro atoms. The molecule has 5 nitrogen and oxygen atoms in total. The van der Waals surface area contributed by atoms with Crippen LogP contribution >= 0.6 is 23.2 Å². The van der Waals surface area contributed by atoms with Gasteiger partial charge in [-0.25, -0.2) is 8.42 Å². The molecule has 2 rings (SSSR count). The smallest absolute Gasteiger partial charge is 0.266 e. The van der Waals surface area contributed by atoms with Crippen molar-refractivity contribution in [3.63, 3.8) is 0 Å². The number of rotatable bonds is 3. The number of sulfonamides is 1. The Labute approximate surface area is 121 Å². The van der Waals surface area contributed by atoms with Crippen molar-refractivity contribution in [3.8, 4) is 0 Å². The van der Waals surface area contributed by atoms with Gasteiger partial charge in [0.2, 0.25) is 0 Å². The third-order valence-corrected chi connectivity index (χ3v) is 5.31. The summed E-state index contributed by atoms with van der Waals surface area (Å²) in [5.74, 6) is 0.304. The van der Waals surface area contributed by atoms with Gasteiger partial charge in [0.25, 0.3) is 10.0 Å². The van der Waals surface area contributed by atoms with Crippen LogP contribution in [0.4, 0.5) is 5.82 Å². The highest BCUT2D eigenvalue weighted by Crippen LogP contribution is 2.31. The minimum atomic E-state index is -3.79. The van der Waals surface area contributed by atoms with Crippen molar-refractivity contribution >= 4 is 39.0 Å². The number of hydrogen-bond donors (Lipinski definition) is 0. The maximum absolute atomic E-state index is 12.4. The van der Waals surface area contributed by atoms with Gasteiger partial charge in [-0.15, -0.1) is 0 Å². The lowest BCUT2D eigenvalue weighted by atomic mass is 10.4. The van der Waals surface area contributed by atoms with Crippen LogP contribution in [0.2, 0.25) is 10.0 Å². The number of nitrogens with zero attached hydrogens (tertiary/aromatic N) is 3. The van der Waals surface area contributed by atoms with E-state index in [1.807, 2.05) is 0 Å². The molecular formula is C11H11Cl2N3O2S. The molecule has 1 heterocycles. The third kappa shape index (κ3) is 2.56. The van der Waals surface area contributed by atoms with E-state index >= 15 is 0 Å². The summed E-state index contributed by atoms with van der Waals surface area (Å²) in [7, 11) is -0.674. The van der Waals surface area contributed by atoms with Crippen LogP contribution in [0.15, 0.2) is 35.4 Å². The molecule has 0 radical (unpaired) electrons. The van der Waals surface area contributed by atoms with E-state index in [1.165, 1.54) is 29.9 Å². The Morgan fingerprint density at radius 1 is 1.26 bits per heavy atom. The number of benzene rings is 1. The Hall–Kier alpha value is -1.24. The number of anilines is 1. The summed E-state index contributed by atoms with van der Waals surface area (Å²) in [4.78, 5) is -0.0465. The standard InChI is InChI=1S/C11H11Cl2N3O2S/c1-15-7-6-10(14-15)16(2)19(17,18)9-5-3-4-8(12)11(9)13/h3-7H,1-2H3. The quantitative estimate of drug-likeness (QED) is 0.873. The Morgan fingerprint density at radius 2 is 1.95 bits per heavy atom. The second-order valence-corrected chi connectivity index (χ2v) is 6.59. The van der Waals surface area contributed by atoms with Gasteiger partial charge in [-0.3, -0.25) is 8.99 Å². The van der Waals surface area contributed by atoms with Crippen molar-refractivity contribution < 1.29 is 8.42 Å². The summed E-state index contributed by atoms with van der Waals surface area (Å²) in [5.41, 5.74) is 0. The zero-order valence-electron chi connectivity index (χ0n) is 10.2. The third-order valence-electron chi connectivity index (χ3n) is 2.58. The lowest BCUT2D eigenvalue weighted by Crippen LogP contribution is -2.27. The molecule has 0 unspecified atom stereocenters. The molecule has 0 fully saturated rings. The highest BCUT2D eigenvalue weighted by atomic mass is 35.5. The highest BCUT2D eigenvalue weighted by Gasteiger charge is 2.26. The molecule has 2 aromatic rings. The molecule has 1 aromatic carbocycles. The molecule has 0 amide bonds. The van der Waals surface area contributed by atoms with E-state index in [1.54, 1.807) is 19.3 Å². The van der Waals surface area contributed by atoms with Crippen LogP contribution in [0, 0.1) is 0 Å². The van der Waals surface area contributed by atoms with Crippen LogP contribution in [0.5, 0.6) is 0 Å². The predicted molar refractivity (Wildman–Crippen MR) is 75.3 cm³/mol. The maximum Gasteiger partial charge on any atom is 0.266 e. The van der Waals surface area contributed by atoms with Crippen molar-refractivity contribution in [1.82, 2.24) is 9.78 Å². The molecule has 8 heteroatoms. The Morgan fingerprint density at radius 3 is 2.53 bits per heavy atom. The Bertz CT molecular complexity index is 712. The topological polar surface area (TPSA) is 55.2 Å². The summed E-state index contributed by atoms with van der Waals surface area (Å²) >= 11 is 11.8. The number of aromatic nitrogens is 2. The molecule has 0 bridgehead atoms. The molecule has 0 N–H and O–H groups in total. The van der Waals surface area contributed by atoms with E-state index in [0.29, 0.717) is 5.82 Å². The lowest BCUT2D eigenvalue weighted by Gasteiger charge is -2.17. The summed E-state index contributed by atoms with van der Waals surface area (Å²) < 4.78 is 27.5. The average Bonchev–Trinajstić information content (AvgIpc) is 2.78. The van der Waals surface area contributed by atoms with E-state index in [2.05, 4.69) is 5.10 Å². The van der Waals surface area contributed by atoms with Crippen LogP contribution in [-0.2, 0) is 17.1 Å². The van der Waals surface area contributed by atoms with Crippen molar-refractivity contribution in [3.05, 3.63) is 40.5 Å². The average molecular weight is 320 g/mol. The van der Waals surface area contributed by atoms with Gasteiger partial charge in [0.1, 0.15) is 4.90 Å². The zero-order chi connectivity index (χ0) is 14.2. The maximum atomic E-state index is 12.4. The molecule has 0 atom stereocenters. The number of hydrogen-bond acceptors (Lipinski definition) is 3. The van der Waals surface area contributed by atoms with E-state index in [4.69, 9.17) is 23.2 Å². The van der Waals surface area contributed by atoms with Crippen LogP contribution < -0.4 is 4.31 Å². The second-order valence-electron chi connectivity index (χ2n) is 3.87. The van der Waals surface area contributed by atoms with Crippen molar-refractivity contribution in [1.29, 1.82) is 0 Å². The zero-order valence-corrected chi connectivity index (χ0v) is 12.5. The first kappa shape index (κ1) is 14.2. The fraction of sp³-hybridized carbons (Fsp3) is 0.182. The Balaban J connectivity index is 2.51. The molecule has 0 saturated heterocycles. The molecule has 19 heavy (non-hydrogen) atoms. The molecule has 102 valence electrons. The van der Waals surface area contributed by atoms with Crippen LogP contribution in [0.3, 0.4) is 0 Å². The normalized spacial score (nSPS) is 11.6. The van der Waals surface area contributed by atoms with Gasteiger partial charge >= 0.3 is 0 Å². The van der Waals surface area contributed by atoms with E-state index in [0.717, 1.165) is 4.31 Å². The predicted octanol–water partition coefficient (Wildman–Crippen LogP) is 2.55. The van der Waals surface area contributed by atoms with E-state index in [-0.39, 0.29) is 14.9 Å². The summed E-state index contributed by atoms with van der Waals surface area (Å²) in [6.45, 7) is 0. The van der Waals surface area contributed by atoms with Gasteiger partial charge < -0.3 is 0 Å². The van der Waals surface area contributed by atoms with E-state index in [9.17, 15) is 8.42 Å². The van der Waals surface area contributed by atoms with Crippen LogP contribution in [-0.4, -0.2) is 25.2 Å². The highest BCUT2D eigenvalue weighted by molar-refractivity contribution is 7.93. The first-order valence-corrected chi connectivity index (χ1v) is 7.46. The van der Waals surface area contributed by atoms with Gasteiger partial charge in [-0.1, -0.05) is 29.3 Å². The van der Waals surface area contributed by atoms with Gasteiger partial charge in [0, 0.05) is 26.4 Å².